The molecule has 0 saturated heterocycles. The quantitative estimate of drug-likeness (QED) is 0.437. The third-order valence-corrected chi connectivity index (χ3v) is 7.09. The number of anilines is 1. The van der Waals surface area contributed by atoms with Gasteiger partial charge >= 0.3 is 0 Å². The van der Waals surface area contributed by atoms with Crippen molar-refractivity contribution >= 4 is 27.5 Å². The van der Waals surface area contributed by atoms with Crippen LogP contribution >= 0.6 is 0 Å². The molecule has 1 aliphatic rings. The molecule has 3 N–H and O–H groups in total. The molecule has 0 unspecified atom stereocenters. The molecule has 1 fully saturated rings. The van der Waals surface area contributed by atoms with Gasteiger partial charge in [-0.2, -0.15) is 0 Å². The molecule has 0 radical (unpaired) electrons. The summed E-state index contributed by atoms with van der Waals surface area (Å²) in [4.78, 5) is 24.7. The molecule has 1 aliphatic carbocycles. The Morgan fingerprint density at radius 3 is 2.24 bits per heavy atom. The minimum absolute atomic E-state index is 0.0370. The van der Waals surface area contributed by atoms with Gasteiger partial charge in [-0.1, -0.05) is 48.5 Å². The van der Waals surface area contributed by atoms with Crippen molar-refractivity contribution in [2.75, 3.05) is 5.32 Å². The van der Waals surface area contributed by atoms with E-state index in [1.165, 1.54) is 12.1 Å². The molecule has 0 aromatic heterocycles. The van der Waals surface area contributed by atoms with Gasteiger partial charge in [-0.15, -0.1) is 0 Å². The molecule has 34 heavy (non-hydrogen) atoms. The number of carbonyl (C=O) groups is 2. The molecular formula is C26H27N3O4S. The van der Waals surface area contributed by atoms with Gasteiger partial charge in [-0.3, -0.25) is 9.59 Å². The lowest BCUT2D eigenvalue weighted by Gasteiger charge is -2.12. The summed E-state index contributed by atoms with van der Waals surface area (Å²) in [5, 5.41) is 5.72. The molecule has 4 rings (SSSR count). The van der Waals surface area contributed by atoms with Gasteiger partial charge in [-0.05, 0) is 60.7 Å². The lowest BCUT2D eigenvalue weighted by atomic mass is 10.1. The van der Waals surface area contributed by atoms with Crippen LogP contribution in [0, 0.1) is 12.8 Å². The summed E-state index contributed by atoms with van der Waals surface area (Å²) < 4.78 is 28.1. The van der Waals surface area contributed by atoms with E-state index < -0.39 is 10.0 Å². The summed E-state index contributed by atoms with van der Waals surface area (Å²) in [7, 11) is -3.78. The first-order valence-corrected chi connectivity index (χ1v) is 12.6. The second-order valence-corrected chi connectivity index (χ2v) is 10.2. The van der Waals surface area contributed by atoms with E-state index in [-0.39, 0.29) is 35.7 Å². The van der Waals surface area contributed by atoms with Crippen LogP contribution in [0.15, 0.2) is 77.7 Å². The minimum atomic E-state index is -3.78. The summed E-state index contributed by atoms with van der Waals surface area (Å²) in [6.07, 6.45) is 1.89. The first-order valence-electron chi connectivity index (χ1n) is 11.1. The van der Waals surface area contributed by atoms with Crippen LogP contribution in [0.3, 0.4) is 0 Å². The summed E-state index contributed by atoms with van der Waals surface area (Å²) in [5.41, 5.74) is 3.41. The first kappa shape index (κ1) is 23.7. The fourth-order valence-electron chi connectivity index (χ4n) is 3.44. The Morgan fingerprint density at radius 2 is 1.56 bits per heavy atom. The van der Waals surface area contributed by atoms with Gasteiger partial charge in [0.05, 0.1) is 4.90 Å². The summed E-state index contributed by atoms with van der Waals surface area (Å²) in [6, 6.07) is 21.0. The number of hydrogen-bond donors (Lipinski definition) is 3. The Morgan fingerprint density at radius 1 is 0.882 bits per heavy atom. The Labute approximate surface area is 199 Å². The van der Waals surface area contributed by atoms with Crippen molar-refractivity contribution in [2.24, 2.45) is 5.92 Å². The van der Waals surface area contributed by atoms with Crippen LogP contribution in [-0.4, -0.2) is 20.2 Å². The molecule has 176 valence electrons. The second-order valence-electron chi connectivity index (χ2n) is 8.43. The molecule has 8 heteroatoms. The number of aryl methyl sites for hydroxylation is 1. The van der Waals surface area contributed by atoms with E-state index in [0.29, 0.717) is 11.1 Å². The summed E-state index contributed by atoms with van der Waals surface area (Å²) in [5.74, 6) is -0.177. The number of rotatable bonds is 9. The van der Waals surface area contributed by atoms with E-state index >= 15 is 0 Å². The smallest absolute Gasteiger partial charge is 0.251 e. The van der Waals surface area contributed by atoms with E-state index in [2.05, 4.69) is 15.4 Å². The topological polar surface area (TPSA) is 104 Å². The fourth-order valence-corrected chi connectivity index (χ4v) is 4.49. The molecule has 0 aliphatic heterocycles. The second kappa shape index (κ2) is 10.2. The van der Waals surface area contributed by atoms with Crippen LogP contribution in [0.4, 0.5) is 5.69 Å². The predicted molar refractivity (Wildman–Crippen MR) is 131 cm³/mol. The lowest BCUT2D eigenvalue weighted by Crippen LogP contribution is -2.26. The lowest BCUT2D eigenvalue weighted by molar-refractivity contribution is -0.117. The fraction of sp³-hybridized carbons (Fsp3) is 0.231. The highest BCUT2D eigenvalue weighted by molar-refractivity contribution is 7.89. The van der Waals surface area contributed by atoms with Crippen molar-refractivity contribution in [3.63, 3.8) is 0 Å². The molecule has 7 nitrogen and oxygen atoms in total. The largest absolute Gasteiger partial charge is 0.348 e. The number of sulfonamides is 1. The zero-order valence-corrected chi connectivity index (χ0v) is 19.7. The van der Waals surface area contributed by atoms with Crippen molar-refractivity contribution in [1.82, 2.24) is 10.0 Å². The molecule has 3 aromatic carbocycles. The average Bonchev–Trinajstić information content (AvgIpc) is 3.69. The molecule has 0 heterocycles. The Balaban J connectivity index is 1.38. The van der Waals surface area contributed by atoms with Crippen molar-refractivity contribution in [3.05, 3.63) is 95.1 Å². The summed E-state index contributed by atoms with van der Waals surface area (Å²) >= 11 is 0. The van der Waals surface area contributed by atoms with Gasteiger partial charge in [0.2, 0.25) is 15.9 Å². The van der Waals surface area contributed by atoms with Gasteiger partial charge in [0, 0.05) is 30.3 Å². The standard InChI is InChI=1S/C26H27N3O4S/c1-18-7-14-23(34(32,33)28-17-19-5-3-2-4-6-19)15-24(18)26(31)27-16-20-8-12-22(13-9-20)29-25(30)21-10-11-21/h2-9,12-15,21,28H,10-11,16-17H2,1H3,(H,27,31)(H,29,30). The van der Waals surface area contributed by atoms with Crippen LogP contribution in [0.1, 0.15) is 39.9 Å². The van der Waals surface area contributed by atoms with Crippen molar-refractivity contribution in [3.8, 4) is 0 Å². The van der Waals surface area contributed by atoms with Gasteiger partial charge in [0.15, 0.2) is 0 Å². The highest BCUT2D eigenvalue weighted by atomic mass is 32.2. The normalized spacial score (nSPS) is 13.3. The highest BCUT2D eigenvalue weighted by Gasteiger charge is 2.29. The maximum atomic E-state index is 12.8. The van der Waals surface area contributed by atoms with E-state index in [9.17, 15) is 18.0 Å². The van der Waals surface area contributed by atoms with Crippen molar-refractivity contribution in [1.29, 1.82) is 0 Å². The average molecular weight is 478 g/mol. The number of carbonyl (C=O) groups excluding carboxylic acids is 2. The van der Waals surface area contributed by atoms with E-state index in [1.54, 1.807) is 25.1 Å². The molecule has 3 aromatic rings. The van der Waals surface area contributed by atoms with Crippen LogP contribution < -0.4 is 15.4 Å². The van der Waals surface area contributed by atoms with Gasteiger partial charge < -0.3 is 10.6 Å². The predicted octanol–water partition coefficient (Wildman–Crippen LogP) is 3.75. The van der Waals surface area contributed by atoms with E-state index in [1.807, 2.05) is 42.5 Å². The van der Waals surface area contributed by atoms with Crippen LogP contribution in [0.25, 0.3) is 0 Å². The summed E-state index contributed by atoms with van der Waals surface area (Å²) in [6.45, 7) is 2.20. The van der Waals surface area contributed by atoms with Crippen LogP contribution in [-0.2, 0) is 27.9 Å². The molecule has 1 saturated carbocycles. The molecule has 0 bridgehead atoms. The highest BCUT2D eigenvalue weighted by Crippen LogP contribution is 2.30. The third-order valence-electron chi connectivity index (χ3n) is 5.70. The van der Waals surface area contributed by atoms with E-state index in [4.69, 9.17) is 0 Å². The maximum absolute atomic E-state index is 12.8. The SMILES string of the molecule is Cc1ccc(S(=O)(=O)NCc2ccccc2)cc1C(=O)NCc1ccc(NC(=O)C2CC2)cc1. The zero-order chi connectivity index (χ0) is 24.1. The molecule has 0 atom stereocenters. The monoisotopic (exact) mass is 477 g/mol. The van der Waals surface area contributed by atoms with Gasteiger partial charge in [-0.25, -0.2) is 13.1 Å². The number of nitrogens with one attached hydrogen (secondary N) is 3. The van der Waals surface area contributed by atoms with Crippen molar-refractivity contribution in [2.45, 2.75) is 37.8 Å². The zero-order valence-electron chi connectivity index (χ0n) is 18.9. The van der Waals surface area contributed by atoms with Crippen LogP contribution in [0.5, 0.6) is 0 Å². The maximum Gasteiger partial charge on any atom is 0.251 e. The van der Waals surface area contributed by atoms with Crippen LogP contribution in [0.2, 0.25) is 0 Å². The number of hydrogen-bond acceptors (Lipinski definition) is 4. The molecular weight excluding hydrogens is 450 g/mol. The van der Waals surface area contributed by atoms with Gasteiger partial charge in [0.25, 0.3) is 5.91 Å². The number of amides is 2. The van der Waals surface area contributed by atoms with Crippen molar-refractivity contribution < 1.29 is 18.0 Å². The minimum Gasteiger partial charge on any atom is -0.348 e. The molecule has 0 spiro atoms. The third kappa shape index (κ3) is 6.09. The Hall–Kier alpha value is -3.49. The molecule has 2 amide bonds. The Kier molecular flexibility index (Phi) is 7.09. The van der Waals surface area contributed by atoms with E-state index in [0.717, 1.165) is 29.7 Å². The van der Waals surface area contributed by atoms with Gasteiger partial charge in [0.1, 0.15) is 0 Å². The number of benzene rings is 3. The Bertz CT molecular complexity index is 1290. The first-order chi connectivity index (χ1) is 16.3.